The summed E-state index contributed by atoms with van der Waals surface area (Å²) in [6.45, 7) is 0.0993. The number of hydrogen-bond acceptors (Lipinski definition) is 6. The number of hydrogen-bond donors (Lipinski definition) is 1. The van der Waals surface area contributed by atoms with E-state index in [9.17, 15) is 14.0 Å². The van der Waals surface area contributed by atoms with E-state index in [1.807, 2.05) is 17.5 Å². The number of ether oxygens (including phenoxy) is 1. The highest BCUT2D eigenvalue weighted by Crippen LogP contribution is 2.18. The van der Waals surface area contributed by atoms with Crippen molar-refractivity contribution in [2.24, 2.45) is 5.16 Å². The SMILES string of the molecule is O=C(COC(=O)C1CC(c2cccc(F)c2)=NO1)NCCc1cccs1. The maximum Gasteiger partial charge on any atom is 0.351 e. The van der Waals surface area contributed by atoms with E-state index in [0.29, 0.717) is 17.8 Å². The molecule has 0 radical (unpaired) electrons. The minimum atomic E-state index is -0.924. The molecule has 1 aliphatic rings. The molecule has 0 aliphatic carbocycles. The van der Waals surface area contributed by atoms with Crippen LogP contribution in [0.3, 0.4) is 0 Å². The van der Waals surface area contributed by atoms with Crippen LogP contribution in [0.5, 0.6) is 0 Å². The number of oxime groups is 1. The second kappa shape index (κ2) is 8.57. The summed E-state index contributed by atoms with van der Waals surface area (Å²) in [4.78, 5) is 29.9. The van der Waals surface area contributed by atoms with Gasteiger partial charge in [-0.3, -0.25) is 4.79 Å². The predicted octanol–water partition coefficient (Wildman–Crippen LogP) is 2.28. The number of rotatable bonds is 7. The van der Waals surface area contributed by atoms with Crippen molar-refractivity contribution in [3.8, 4) is 0 Å². The van der Waals surface area contributed by atoms with Crippen molar-refractivity contribution in [3.63, 3.8) is 0 Å². The Morgan fingerprint density at radius 2 is 2.23 bits per heavy atom. The molecule has 1 N–H and O–H groups in total. The Balaban J connectivity index is 1.38. The summed E-state index contributed by atoms with van der Waals surface area (Å²) in [7, 11) is 0. The van der Waals surface area contributed by atoms with Crippen LogP contribution in [0.1, 0.15) is 16.9 Å². The van der Waals surface area contributed by atoms with E-state index >= 15 is 0 Å². The Morgan fingerprint density at radius 1 is 1.35 bits per heavy atom. The monoisotopic (exact) mass is 376 g/mol. The van der Waals surface area contributed by atoms with E-state index in [0.717, 1.165) is 6.42 Å². The zero-order chi connectivity index (χ0) is 18.4. The summed E-state index contributed by atoms with van der Waals surface area (Å²) in [5.74, 6) is -1.44. The number of benzene rings is 1. The third-order valence-corrected chi connectivity index (χ3v) is 4.64. The first-order valence-electron chi connectivity index (χ1n) is 8.06. The number of halogens is 1. The van der Waals surface area contributed by atoms with Crippen molar-refractivity contribution in [1.82, 2.24) is 5.32 Å². The molecular weight excluding hydrogens is 359 g/mol. The Labute approximate surface area is 153 Å². The van der Waals surface area contributed by atoms with Gasteiger partial charge >= 0.3 is 5.97 Å². The highest BCUT2D eigenvalue weighted by Gasteiger charge is 2.30. The van der Waals surface area contributed by atoms with Crippen LogP contribution in [0.25, 0.3) is 0 Å². The number of carbonyl (C=O) groups excluding carboxylic acids is 2. The lowest BCUT2D eigenvalue weighted by atomic mass is 10.1. The maximum atomic E-state index is 13.2. The average molecular weight is 376 g/mol. The van der Waals surface area contributed by atoms with Crippen LogP contribution in [0.4, 0.5) is 4.39 Å². The molecule has 8 heteroatoms. The summed E-state index contributed by atoms with van der Waals surface area (Å²) >= 11 is 1.62. The van der Waals surface area contributed by atoms with Crippen LogP contribution in [-0.2, 0) is 25.6 Å². The second-order valence-corrected chi connectivity index (χ2v) is 6.67. The van der Waals surface area contributed by atoms with Gasteiger partial charge in [0.05, 0.1) is 5.71 Å². The molecule has 2 heterocycles. The molecular formula is C18H17FN2O4S. The van der Waals surface area contributed by atoms with Crippen LogP contribution in [0.15, 0.2) is 46.9 Å². The molecule has 1 aromatic carbocycles. The lowest BCUT2D eigenvalue weighted by Gasteiger charge is -2.09. The summed E-state index contributed by atoms with van der Waals surface area (Å²) in [6, 6.07) is 9.81. The van der Waals surface area contributed by atoms with Gasteiger partial charge in [-0.05, 0) is 30.0 Å². The predicted molar refractivity (Wildman–Crippen MR) is 94.4 cm³/mol. The van der Waals surface area contributed by atoms with Crippen molar-refractivity contribution >= 4 is 28.9 Å². The molecule has 6 nitrogen and oxygen atoms in total. The van der Waals surface area contributed by atoms with Crippen LogP contribution < -0.4 is 5.32 Å². The van der Waals surface area contributed by atoms with Crippen LogP contribution in [-0.4, -0.2) is 36.8 Å². The van der Waals surface area contributed by atoms with Gasteiger partial charge in [0.15, 0.2) is 6.61 Å². The molecule has 1 aliphatic heterocycles. The molecule has 136 valence electrons. The summed E-state index contributed by atoms with van der Waals surface area (Å²) in [5, 5.41) is 8.46. The van der Waals surface area contributed by atoms with E-state index in [4.69, 9.17) is 9.57 Å². The molecule has 1 unspecified atom stereocenters. The van der Waals surface area contributed by atoms with E-state index in [1.165, 1.54) is 17.0 Å². The highest BCUT2D eigenvalue weighted by atomic mass is 32.1. The number of thiophene rings is 1. The Bertz CT molecular complexity index is 807. The molecule has 0 fully saturated rings. The molecule has 26 heavy (non-hydrogen) atoms. The number of esters is 1. The Hall–Kier alpha value is -2.74. The minimum Gasteiger partial charge on any atom is -0.453 e. The summed E-state index contributed by atoms with van der Waals surface area (Å²) in [5.41, 5.74) is 1.01. The molecule has 0 saturated carbocycles. The first-order chi connectivity index (χ1) is 12.6. The zero-order valence-electron chi connectivity index (χ0n) is 13.8. The van der Waals surface area contributed by atoms with Crippen LogP contribution in [0, 0.1) is 5.82 Å². The first kappa shape index (κ1) is 18.1. The van der Waals surface area contributed by atoms with Gasteiger partial charge in [0.1, 0.15) is 5.82 Å². The number of nitrogens with one attached hydrogen (secondary N) is 1. The van der Waals surface area contributed by atoms with Crippen molar-refractivity contribution in [1.29, 1.82) is 0 Å². The fraction of sp³-hybridized carbons (Fsp3) is 0.278. The van der Waals surface area contributed by atoms with Gasteiger partial charge in [0.2, 0.25) is 6.10 Å². The molecule has 0 saturated heterocycles. The first-order valence-corrected chi connectivity index (χ1v) is 8.94. The normalized spacial score (nSPS) is 15.9. The zero-order valence-corrected chi connectivity index (χ0v) is 14.6. The molecule has 0 spiro atoms. The van der Waals surface area contributed by atoms with Crippen LogP contribution in [0.2, 0.25) is 0 Å². The fourth-order valence-electron chi connectivity index (χ4n) is 2.40. The largest absolute Gasteiger partial charge is 0.453 e. The maximum absolute atomic E-state index is 13.2. The lowest BCUT2D eigenvalue weighted by Crippen LogP contribution is -2.33. The molecule has 2 aromatic rings. The van der Waals surface area contributed by atoms with Gasteiger partial charge in [-0.2, -0.15) is 0 Å². The van der Waals surface area contributed by atoms with Crippen molar-refractivity contribution in [2.75, 3.05) is 13.2 Å². The Morgan fingerprint density at radius 3 is 3.00 bits per heavy atom. The smallest absolute Gasteiger partial charge is 0.351 e. The van der Waals surface area contributed by atoms with Crippen molar-refractivity contribution in [2.45, 2.75) is 18.9 Å². The van der Waals surface area contributed by atoms with Crippen LogP contribution >= 0.6 is 11.3 Å². The van der Waals surface area contributed by atoms with E-state index in [1.54, 1.807) is 23.5 Å². The van der Waals surface area contributed by atoms with Crippen molar-refractivity contribution < 1.29 is 23.6 Å². The van der Waals surface area contributed by atoms with E-state index < -0.39 is 17.9 Å². The van der Waals surface area contributed by atoms with Gasteiger partial charge < -0.3 is 14.9 Å². The summed E-state index contributed by atoms with van der Waals surface area (Å²) in [6.07, 6.45) is -0.0249. The van der Waals surface area contributed by atoms with Crippen molar-refractivity contribution in [3.05, 3.63) is 58.0 Å². The third-order valence-electron chi connectivity index (χ3n) is 3.71. The van der Waals surface area contributed by atoms with E-state index in [2.05, 4.69) is 10.5 Å². The number of nitrogens with zero attached hydrogens (tertiary/aromatic N) is 1. The highest BCUT2D eigenvalue weighted by molar-refractivity contribution is 7.09. The van der Waals surface area contributed by atoms with Gasteiger partial charge in [-0.25, -0.2) is 9.18 Å². The molecule has 1 aromatic heterocycles. The summed E-state index contributed by atoms with van der Waals surface area (Å²) < 4.78 is 18.2. The number of carbonyl (C=O) groups is 2. The fourth-order valence-corrected chi connectivity index (χ4v) is 3.11. The lowest BCUT2D eigenvalue weighted by molar-refractivity contribution is -0.158. The molecule has 3 rings (SSSR count). The molecule has 0 bridgehead atoms. The standard InChI is InChI=1S/C18H17FN2O4S/c19-13-4-1-3-12(9-13)15-10-16(25-21-15)18(23)24-11-17(22)20-7-6-14-5-2-8-26-14/h1-5,8-9,16H,6-7,10-11H2,(H,20,22). The minimum absolute atomic E-state index is 0.169. The van der Waals surface area contributed by atoms with Gasteiger partial charge in [0, 0.05) is 23.4 Å². The quantitative estimate of drug-likeness (QED) is 0.752. The van der Waals surface area contributed by atoms with Gasteiger partial charge in [-0.15, -0.1) is 11.3 Å². The molecule has 1 atom stereocenters. The Kier molecular flexibility index (Phi) is 5.96. The molecule has 1 amide bonds. The third kappa shape index (κ3) is 4.89. The van der Waals surface area contributed by atoms with Gasteiger partial charge in [0.25, 0.3) is 5.91 Å². The topological polar surface area (TPSA) is 77.0 Å². The average Bonchev–Trinajstić information content (AvgIpc) is 3.31. The van der Waals surface area contributed by atoms with E-state index in [-0.39, 0.29) is 18.9 Å². The van der Waals surface area contributed by atoms with Gasteiger partial charge in [-0.1, -0.05) is 23.4 Å². The second-order valence-electron chi connectivity index (χ2n) is 5.63. The number of amides is 1.